The molecule has 2 heteroatoms. The fourth-order valence-corrected chi connectivity index (χ4v) is 3.37. The Morgan fingerprint density at radius 1 is 1.12 bits per heavy atom. The summed E-state index contributed by atoms with van der Waals surface area (Å²) >= 11 is 0. The summed E-state index contributed by atoms with van der Waals surface area (Å²) in [6, 6.07) is 0. The Balaban J connectivity index is 2.58. The Bertz CT molecular complexity index is 191. The molecule has 1 heterocycles. The zero-order valence-corrected chi connectivity index (χ0v) is 11.3. The van der Waals surface area contributed by atoms with E-state index in [0.29, 0.717) is 5.41 Å². The maximum Gasteiger partial charge on any atom is 0.0677 e. The minimum Gasteiger partial charge on any atom is -0.390 e. The van der Waals surface area contributed by atoms with Crippen molar-refractivity contribution in [1.29, 1.82) is 0 Å². The van der Waals surface area contributed by atoms with Crippen LogP contribution >= 0.6 is 0 Å². The molecule has 1 fully saturated rings. The summed E-state index contributed by atoms with van der Waals surface area (Å²) in [5, 5.41) is 13.9. The highest BCUT2D eigenvalue weighted by Crippen LogP contribution is 2.40. The summed E-state index contributed by atoms with van der Waals surface area (Å²) in [7, 11) is 0. The third-order valence-corrected chi connectivity index (χ3v) is 4.00. The van der Waals surface area contributed by atoms with Crippen molar-refractivity contribution in [3.8, 4) is 0 Å². The lowest BCUT2D eigenvalue weighted by molar-refractivity contribution is -0.0350. The highest BCUT2D eigenvalue weighted by Gasteiger charge is 2.36. The molecule has 0 aromatic carbocycles. The van der Waals surface area contributed by atoms with Gasteiger partial charge >= 0.3 is 0 Å². The first-order chi connectivity index (χ1) is 7.54. The zero-order valence-electron chi connectivity index (χ0n) is 11.3. The molecular weight excluding hydrogens is 198 g/mol. The predicted octanol–water partition coefficient (Wildman–Crippen LogP) is 3.10. The second kappa shape index (κ2) is 6.02. The maximum absolute atomic E-state index is 10.6. The number of rotatable bonds is 6. The molecule has 1 aliphatic rings. The van der Waals surface area contributed by atoms with E-state index in [4.69, 9.17) is 0 Å². The van der Waals surface area contributed by atoms with Gasteiger partial charge in [-0.05, 0) is 50.6 Å². The Kier molecular flexibility index (Phi) is 5.26. The van der Waals surface area contributed by atoms with Crippen molar-refractivity contribution in [2.75, 3.05) is 13.1 Å². The fraction of sp³-hybridized carbons (Fsp3) is 1.00. The van der Waals surface area contributed by atoms with E-state index in [2.05, 4.69) is 26.1 Å². The number of hydrogen-bond acceptors (Lipinski definition) is 2. The van der Waals surface area contributed by atoms with Crippen LogP contribution in [0.15, 0.2) is 0 Å². The Morgan fingerprint density at radius 3 is 2.06 bits per heavy atom. The van der Waals surface area contributed by atoms with Crippen LogP contribution in [0.2, 0.25) is 0 Å². The van der Waals surface area contributed by atoms with Crippen molar-refractivity contribution in [3.63, 3.8) is 0 Å². The molecule has 0 unspecified atom stereocenters. The van der Waals surface area contributed by atoms with E-state index in [1.807, 2.05) is 0 Å². The fourth-order valence-electron chi connectivity index (χ4n) is 3.37. The molecule has 1 rings (SSSR count). The minimum atomic E-state index is -0.398. The van der Waals surface area contributed by atoms with Crippen molar-refractivity contribution in [1.82, 2.24) is 5.32 Å². The summed E-state index contributed by atoms with van der Waals surface area (Å²) in [6.45, 7) is 8.82. The van der Waals surface area contributed by atoms with Crippen LogP contribution in [0.25, 0.3) is 0 Å². The molecule has 1 aliphatic heterocycles. The number of aliphatic hydroxyl groups is 1. The van der Waals surface area contributed by atoms with Crippen LogP contribution in [0.4, 0.5) is 0 Å². The second-order valence-corrected chi connectivity index (χ2v) is 5.96. The molecule has 0 aromatic rings. The topological polar surface area (TPSA) is 32.3 Å². The molecule has 2 nitrogen and oxygen atoms in total. The van der Waals surface area contributed by atoms with Gasteiger partial charge in [0.1, 0.15) is 0 Å². The highest BCUT2D eigenvalue weighted by atomic mass is 16.3. The third-order valence-electron chi connectivity index (χ3n) is 4.00. The molecule has 0 radical (unpaired) electrons. The van der Waals surface area contributed by atoms with Crippen LogP contribution < -0.4 is 5.32 Å². The van der Waals surface area contributed by atoms with Gasteiger partial charge in [-0.3, -0.25) is 0 Å². The van der Waals surface area contributed by atoms with Gasteiger partial charge in [-0.25, -0.2) is 0 Å². The molecule has 0 saturated carbocycles. The summed E-state index contributed by atoms with van der Waals surface area (Å²) in [5.74, 6) is 0. The van der Waals surface area contributed by atoms with Crippen molar-refractivity contribution < 1.29 is 5.11 Å². The Labute approximate surface area is 101 Å². The maximum atomic E-state index is 10.6. The quantitative estimate of drug-likeness (QED) is 0.731. The van der Waals surface area contributed by atoms with E-state index in [-0.39, 0.29) is 0 Å². The average molecular weight is 227 g/mol. The van der Waals surface area contributed by atoms with Crippen LogP contribution in [0, 0.1) is 5.41 Å². The standard InChI is InChI=1S/C14H29NO/c1-4-6-13(3,7-5-2)12-14(16)8-10-15-11-9-14/h15-16H,4-12H2,1-3H3. The van der Waals surface area contributed by atoms with Gasteiger partial charge in [0.05, 0.1) is 5.60 Å². The minimum absolute atomic E-state index is 0.343. The van der Waals surface area contributed by atoms with E-state index in [1.165, 1.54) is 25.7 Å². The first kappa shape index (κ1) is 14.0. The van der Waals surface area contributed by atoms with Crippen LogP contribution in [0.5, 0.6) is 0 Å². The summed E-state index contributed by atoms with van der Waals surface area (Å²) < 4.78 is 0. The van der Waals surface area contributed by atoms with E-state index in [9.17, 15) is 5.11 Å². The normalized spacial score (nSPS) is 21.0. The molecule has 0 spiro atoms. The molecule has 0 atom stereocenters. The Hall–Kier alpha value is -0.0800. The lowest BCUT2D eigenvalue weighted by Crippen LogP contribution is -2.45. The number of nitrogens with one attached hydrogen (secondary N) is 1. The highest BCUT2D eigenvalue weighted by molar-refractivity contribution is 4.90. The number of piperidine rings is 1. The van der Waals surface area contributed by atoms with E-state index in [0.717, 1.165) is 32.4 Å². The number of hydrogen-bond donors (Lipinski definition) is 2. The van der Waals surface area contributed by atoms with Gasteiger partial charge in [0.2, 0.25) is 0 Å². The largest absolute Gasteiger partial charge is 0.390 e. The molecule has 2 N–H and O–H groups in total. The zero-order chi connectivity index (χ0) is 12.1. The van der Waals surface area contributed by atoms with Crippen molar-refractivity contribution in [2.45, 2.75) is 71.3 Å². The van der Waals surface area contributed by atoms with Crippen molar-refractivity contribution in [2.24, 2.45) is 5.41 Å². The summed E-state index contributed by atoms with van der Waals surface area (Å²) in [5.41, 5.74) is -0.0556. The first-order valence-corrected chi connectivity index (χ1v) is 6.97. The molecule has 0 bridgehead atoms. The molecule has 0 aromatic heterocycles. The van der Waals surface area contributed by atoms with E-state index < -0.39 is 5.60 Å². The average Bonchev–Trinajstić information content (AvgIpc) is 2.17. The van der Waals surface area contributed by atoms with Crippen LogP contribution in [-0.2, 0) is 0 Å². The Morgan fingerprint density at radius 2 is 1.62 bits per heavy atom. The molecule has 1 saturated heterocycles. The van der Waals surface area contributed by atoms with Gasteiger partial charge in [0.15, 0.2) is 0 Å². The smallest absolute Gasteiger partial charge is 0.0677 e. The second-order valence-electron chi connectivity index (χ2n) is 5.96. The van der Waals surface area contributed by atoms with E-state index >= 15 is 0 Å². The van der Waals surface area contributed by atoms with Gasteiger partial charge in [0, 0.05) is 0 Å². The third kappa shape index (κ3) is 4.06. The van der Waals surface area contributed by atoms with E-state index in [1.54, 1.807) is 0 Å². The summed E-state index contributed by atoms with van der Waals surface area (Å²) in [6.07, 6.45) is 7.79. The summed E-state index contributed by atoms with van der Waals surface area (Å²) in [4.78, 5) is 0. The van der Waals surface area contributed by atoms with Crippen LogP contribution in [-0.4, -0.2) is 23.8 Å². The molecule has 96 valence electrons. The van der Waals surface area contributed by atoms with Crippen molar-refractivity contribution in [3.05, 3.63) is 0 Å². The first-order valence-electron chi connectivity index (χ1n) is 6.97. The lowest BCUT2D eigenvalue weighted by atomic mass is 9.70. The monoisotopic (exact) mass is 227 g/mol. The van der Waals surface area contributed by atoms with Gasteiger partial charge in [-0.15, -0.1) is 0 Å². The molecule has 0 aliphatic carbocycles. The lowest BCUT2D eigenvalue weighted by Gasteiger charge is -2.41. The molecule has 16 heavy (non-hydrogen) atoms. The van der Waals surface area contributed by atoms with Crippen LogP contribution in [0.1, 0.15) is 65.7 Å². The molecule has 0 amide bonds. The molecular formula is C14H29NO. The van der Waals surface area contributed by atoms with Crippen LogP contribution in [0.3, 0.4) is 0 Å². The SMILES string of the molecule is CCCC(C)(CCC)CC1(O)CCNCC1. The van der Waals surface area contributed by atoms with Gasteiger partial charge in [0.25, 0.3) is 0 Å². The van der Waals surface area contributed by atoms with Gasteiger partial charge < -0.3 is 10.4 Å². The van der Waals surface area contributed by atoms with Crippen molar-refractivity contribution >= 4 is 0 Å². The van der Waals surface area contributed by atoms with Gasteiger partial charge in [-0.2, -0.15) is 0 Å². The predicted molar refractivity (Wildman–Crippen MR) is 69.6 cm³/mol. The van der Waals surface area contributed by atoms with Gasteiger partial charge in [-0.1, -0.05) is 33.6 Å².